The van der Waals surface area contributed by atoms with Crippen molar-refractivity contribution in [1.82, 2.24) is 4.90 Å². The Labute approximate surface area is 200 Å². The van der Waals surface area contributed by atoms with E-state index in [9.17, 15) is 15.0 Å². The van der Waals surface area contributed by atoms with Crippen molar-refractivity contribution in [3.63, 3.8) is 0 Å². The summed E-state index contributed by atoms with van der Waals surface area (Å²) in [5.41, 5.74) is 1.76. The van der Waals surface area contributed by atoms with Gasteiger partial charge in [0.15, 0.2) is 0 Å². The van der Waals surface area contributed by atoms with Gasteiger partial charge in [-0.2, -0.15) is 0 Å². The van der Waals surface area contributed by atoms with Gasteiger partial charge in [0.1, 0.15) is 17.1 Å². The van der Waals surface area contributed by atoms with Crippen LogP contribution in [0.15, 0.2) is 78.9 Å². The number of carboxylic acids is 1. The van der Waals surface area contributed by atoms with Gasteiger partial charge < -0.3 is 24.4 Å². The van der Waals surface area contributed by atoms with Crippen LogP contribution in [0, 0.1) is 0 Å². The van der Waals surface area contributed by atoms with Crippen LogP contribution in [0.4, 0.5) is 0 Å². The molecular weight excluding hydrogens is 434 g/mol. The van der Waals surface area contributed by atoms with Crippen LogP contribution in [0.2, 0.25) is 0 Å². The Balaban J connectivity index is 2.07. The van der Waals surface area contributed by atoms with Crippen LogP contribution in [-0.4, -0.2) is 68.1 Å². The second-order valence-corrected chi connectivity index (χ2v) is 7.75. The van der Waals surface area contributed by atoms with E-state index in [1.54, 1.807) is 19.1 Å². The van der Waals surface area contributed by atoms with E-state index in [2.05, 4.69) is 0 Å². The summed E-state index contributed by atoms with van der Waals surface area (Å²) in [6, 6.07) is 25.3. The summed E-state index contributed by atoms with van der Waals surface area (Å²) in [6.07, 6.45) is 0. The SMILES string of the molecule is COc1ccc(C(OCCN(CCO)CC(=O)O)(c2ccccc2)c2ccc(OC)cc2)cc1. The molecule has 7 heteroatoms. The Kier molecular flexibility index (Phi) is 9.04. The summed E-state index contributed by atoms with van der Waals surface area (Å²) in [6.45, 7) is 0.522. The van der Waals surface area contributed by atoms with E-state index in [1.165, 1.54) is 0 Å². The molecule has 3 rings (SSSR count). The quantitative estimate of drug-likeness (QED) is 0.374. The van der Waals surface area contributed by atoms with Crippen LogP contribution in [0.25, 0.3) is 0 Å². The molecule has 0 saturated carbocycles. The molecule has 0 aliphatic heterocycles. The second-order valence-electron chi connectivity index (χ2n) is 7.75. The molecule has 7 nitrogen and oxygen atoms in total. The molecule has 3 aromatic rings. The van der Waals surface area contributed by atoms with Gasteiger partial charge in [-0.05, 0) is 41.0 Å². The van der Waals surface area contributed by atoms with Crippen molar-refractivity contribution in [2.24, 2.45) is 0 Å². The normalized spacial score (nSPS) is 11.4. The van der Waals surface area contributed by atoms with E-state index in [0.717, 1.165) is 28.2 Å². The van der Waals surface area contributed by atoms with E-state index in [-0.39, 0.29) is 26.3 Å². The number of nitrogens with zero attached hydrogens (tertiary/aromatic N) is 1. The fraction of sp³-hybridized carbons (Fsp3) is 0.296. The maximum absolute atomic E-state index is 11.2. The maximum Gasteiger partial charge on any atom is 0.317 e. The number of methoxy groups -OCH3 is 2. The highest BCUT2D eigenvalue weighted by Gasteiger charge is 2.38. The Bertz CT molecular complexity index is 974. The third-order valence-electron chi connectivity index (χ3n) is 5.67. The summed E-state index contributed by atoms with van der Waals surface area (Å²) in [7, 11) is 3.25. The molecule has 0 heterocycles. The number of benzene rings is 3. The van der Waals surface area contributed by atoms with Crippen LogP contribution in [0.5, 0.6) is 11.5 Å². The molecule has 0 amide bonds. The first-order valence-corrected chi connectivity index (χ1v) is 11.1. The molecular formula is C27H31NO6. The number of hydrogen-bond acceptors (Lipinski definition) is 6. The van der Waals surface area contributed by atoms with E-state index >= 15 is 0 Å². The summed E-state index contributed by atoms with van der Waals surface area (Å²) in [5, 5.41) is 18.6. The maximum atomic E-state index is 11.2. The van der Waals surface area contributed by atoms with Gasteiger partial charge in [-0.1, -0.05) is 54.6 Å². The highest BCUT2D eigenvalue weighted by Crippen LogP contribution is 2.41. The molecule has 0 bridgehead atoms. The number of carbonyl (C=O) groups is 1. The molecule has 3 aromatic carbocycles. The first kappa shape index (κ1) is 25.2. The van der Waals surface area contributed by atoms with E-state index in [4.69, 9.17) is 14.2 Å². The van der Waals surface area contributed by atoms with Crippen molar-refractivity contribution < 1.29 is 29.2 Å². The van der Waals surface area contributed by atoms with Crippen LogP contribution in [-0.2, 0) is 15.1 Å². The van der Waals surface area contributed by atoms with Crippen molar-refractivity contribution in [3.05, 3.63) is 95.6 Å². The van der Waals surface area contributed by atoms with Crippen molar-refractivity contribution in [2.75, 3.05) is 47.1 Å². The first-order chi connectivity index (χ1) is 16.5. The van der Waals surface area contributed by atoms with Crippen LogP contribution in [0.1, 0.15) is 16.7 Å². The van der Waals surface area contributed by atoms with Gasteiger partial charge in [-0.15, -0.1) is 0 Å². The highest BCUT2D eigenvalue weighted by atomic mass is 16.5. The lowest BCUT2D eigenvalue weighted by Crippen LogP contribution is -2.39. The lowest BCUT2D eigenvalue weighted by Gasteiger charge is -2.36. The monoisotopic (exact) mass is 465 g/mol. The zero-order valence-corrected chi connectivity index (χ0v) is 19.5. The number of hydrogen-bond donors (Lipinski definition) is 2. The van der Waals surface area contributed by atoms with Gasteiger partial charge in [0.05, 0.1) is 34.0 Å². The third kappa shape index (κ3) is 5.94. The number of carboxylic acid groups (broad SMARTS) is 1. The second kappa shape index (κ2) is 12.2. The molecule has 34 heavy (non-hydrogen) atoms. The summed E-state index contributed by atoms with van der Waals surface area (Å²) >= 11 is 0. The predicted octanol–water partition coefficient (Wildman–Crippen LogP) is 3.39. The summed E-state index contributed by atoms with van der Waals surface area (Å²) < 4.78 is 17.4. The molecule has 0 aliphatic carbocycles. The third-order valence-corrected chi connectivity index (χ3v) is 5.67. The number of ether oxygens (including phenoxy) is 3. The van der Waals surface area contributed by atoms with E-state index in [1.807, 2.05) is 78.9 Å². The molecule has 0 aromatic heterocycles. The van der Waals surface area contributed by atoms with Crippen LogP contribution < -0.4 is 9.47 Å². The first-order valence-electron chi connectivity index (χ1n) is 11.1. The molecule has 0 unspecified atom stereocenters. The Morgan fingerprint density at radius 2 is 1.29 bits per heavy atom. The average molecular weight is 466 g/mol. The van der Waals surface area contributed by atoms with E-state index in [0.29, 0.717) is 6.54 Å². The number of aliphatic hydroxyl groups excluding tert-OH is 1. The van der Waals surface area contributed by atoms with Crippen molar-refractivity contribution in [1.29, 1.82) is 0 Å². The van der Waals surface area contributed by atoms with Gasteiger partial charge in [0.2, 0.25) is 0 Å². The molecule has 180 valence electrons. The molecule has 0 atom stereocenters. The predicted molar refractivity (Wildman–Crippen MR) is 129 cm³/mol. The zero-order chi connectivity index (χ0) is 24.4. The van der Waals surface area contributed by atoms with Crippen molar-refractivity contribution >= 4 is 5.97 Å². The average Bonchev–Trinajstić information content (AvgIpc) is 2.87. The van der Waals surface area contributed by atoms with Crippen LogP contribution >= 0.6 is 0 Å². The lowest BCUT2D eigenvalue weighted by molar-refractivity contribution is -0.138. The Morgan fingerprint density at radius 1 is 0.794 bits per heavy atom. The Morgan fingerprint density at radius 3 is 1.74 bits per heavy atom. The van der Waals surface area contributed by atoms with Gasteiger partial charge in [0.25, 0.3) is 0 Å². The minimum atomic E-state index is -0.964. The Hall–Kier alpha value is -3.39. The van der Waals surface area contributed by atoms with Crippen molar-refractivity contribution in [2.45, 2.75) is 5.60 Å². The molecule has 2 N–H and O–H groups in total. The lowest BCUT2D eigenvalue weighted by atomic mass is 9.80. The minimum absolute atomic E-state index is 0.131. The molecule has 0 fully saturated rings. The van der Waals surface area contributed by atoms with Gasteiger partial charge >= 0.3 is 5.97 Å². The largest absolute Gasteiger partial charge is 0.497 e. The smallest absolute Gasteiger partial charge is 0.317 e. The molecule has 0 radical (unpaired) electrons. The zero-order valence-electron chi connectivity index (χ0n) is 19.5. The molecule has 0 saturated heterocycles. The number of aliphatic hydroxyl groups is 1. The van der Waals surface area contributed by atoms with Gasteiger partial charge in [-0.25, -0.2) is 0 Å². The molecule has 0 aliphatic rings. The van der Waals surface area contributed by atoms with E-state index < -0.39 is 11.6 Å². The van der Waals surface area contributed by atoms with Crippen molar-refractivity contribution in [3.8, 4) is 11.5 Å². The molecule has 0 spiro atoms. The fourth-order valence-electron chi connectivity index (χ4n) is 4.00. The van der Waals surface area contributed by atoms with Gasteiger partial charge in [-0.3, -0.25) is 9.69 Å². The highest BCUT2D eigenvalue weighted by molar-refractivity contribution is 5.69. The number of aliphatic carboxylic acids is 1. The fourth-order valence-corrected chi connectivity index (χ4v) is 4.00. The van der Waals surface area contributed by atoms with Crippen LogP contribution in [0.3, 0.4) is 0 Å². The minimum Gasteiger partial charge on any atom is -0.497 e. The standard InChI is InChI=1S/C27H31NO6/c1-32-24-12-8-22(9-13-24)27(21-6-4-3-5-7-21,23-10-14-25(33-2)15-11-23)34-19-17-28(16-18-29)20-26(30)31/h3-15,29H,16-20H2,1-2H3,(H,30,31). The topological polar surface area (TPSA) is 88.5 Å². The number of rotatable bonds is 13. The summed E-state index contributed by atoms with van der Waals surface area (Å²) in [4.78, 5) is 12.9. The summed E-state index contributed by atoms with van der Waals surface area (Å²) in [5.74, 6) is 0.514. The van der Waals surface area contributed by atoms with Gasteiger partial charge in [0, 0.05) is 13.1 Å².